The largest absolute Gasteiger partial charge is 0.480 e. The molecule has 1 aromatic carbocycles. The van der Waals surface area contributed by atoms with Crippen LogP contribution < -0.4 is 10.0 Å². The smallest absolute Gasteiger partial charge is 0.326 e. The van der Waals surface area contributed by atoms with E-state index in [-0.39, 0.29) is 18.9 Å². The van der Waals surface area contributed by atoms with Gasteiger partial charge in [-0.15, -0.1) is 0 Å². The van der Waals surface area contributed by atoms with E-state index < -0.39 is 40.5 Å². The molecule has 0 saturated carbocycles. The van der Waals surface area contributed by atoms with Crippen LogP contribution in [0.25, 0.3) is 0 Å². The van der Waals surface area contributed by atoms with Gasteiger partial charge in [0.1, 0.15) is 6.04 Å². The number of amides is 2. The Balaban J connectivity index is 2.03. The predicted octanol–water partition coefficient (Wildman–Crippen LogP) is -0.980. The van der Waals surface area contributed by atoms with E-state index in [2.05, 4.69) is 5.32 Å². The zero-order chi connectivity index (χ0) is 18.6. The maximum absolute atomic E-state index is 12.2. The van der Waals surface area contributed by atoms with Crippen LogP contribution in [0, 0.1) is 0 Å². The second kappa shape index (κ2) is 7.62. The second-order valence-electron chi connectivity index (χ2n) is 5.77. The number of carbonyl (C=O) groups is 3. The van der Waals surface area contributed by atoms with Gasteiger partial charge in [0.25, 0.3) is 5.91 Å². The van der Waals surface area contributed by atoms with E-state index in [1.54, 1.807) is 30.3 Å². The first kappa shape index (κ1) is 18.9. The fourth-order valence-corrected chi connectivity index (χ4v) is 2.99. The Bertz CT molecular complexity index is 765. The van der Waals surface area contributed by atoms with Crippen LogP contribution in [0.15, 0.2) is 30.3 Å². The molecule has 10 heteroatoms. The van der Waals surface area contributed by atoms with Gasteiger partial charge in [0.2, 0.25) is 15.9 Å². The van der Waals surface area contributed by atoms with Crippen LogP contribution in [-0.2, 0) is 19.6 Å². The first-order valence-corrected chi connectivity index (χ1v) is 9.39. The summed E-state index contributed by atoms with van der Waals surface area (Å²) in [5.41, 5.74) is 0.429. The molecule has 0 spiro atoms. The molecule has 3 N–H and O–H groups in total. The number of hydrogen-bond acceptors (Lipinski definition) is 5. The van der Waals surface area contributed by atoms with E-state index in [0.717, 1.165) is 11.2 Å². The normalized spacial score (nSPS) is 20.3. The first-order valence-electron chi connectivity index (χ1n) is 7.50. The maximum atomic E-state index is 12.2. The Hall–Kier alpha value is -2.46. The van der Waals surface area contributed by atoms with E-state index in [9.17, 15) is 27.9 Å². The molecular formula is C15H19N3O6S. The number of hydrogen-bond donors (Lipinski definition) is 3. The van der Waals surface area contributed by atoms with Gasteiger partial charge in [0.15, 0.2) is 0 Å². The third-order valence-corrected chi connectivity index (χ3v) is 4.43. The van der Waals surface area contributed by atoms with Gasteiger partial charge < -0.3 is 15.3 Å². The van der Waals surface area contributed by atoms with E-state index >= 15 is 0 Å². The molecule has 0 radical (unpaired) electrons. The first-order chi connectivity index (χ1) is 11.7. The summed E-state index contributed by atoms with van der Waals surface area (Å²) in [4.78, 5) is 36.7. The lowest BCUT2D eigenvalue weighted by Gasteiger charge is -2.21. The minimum atomic E-state index is -3.57. The van der Waals surface area contributed by atoms with Crippen molar-refractivity contribution in [3.63, 3.8) is 0 Å². The Morgan fingerprint density at radius 2 is 1.88 bits per heavy atom. The van der Waals surface area contributed by atoms with Gasteiger partial charge in [-0.05, 0) is 12.1 Å². The van der Waals surface area contributed by atoms with Crippen LogP contribution in [0.2, 0.25) is 0 Å². The number of aliphatic carboxylic acids is 1. The van der Waals surface area contributed by atoms with Crippen molar-refractivity contribution < 1.29 is 27.9 Å². The summed E-state index contributed by atoms with van der Waals surface area (Å²) in [7, 11) is -3.57. The molecule has 1 heterocycles. The number of nitrogens with zero attached hydrogens (tertiary/aromatic N) is 1. The van der Waals surface area contributed by atoms with Gasteiger partial charge in [-0.3, -0.25) is 9.59 Å². The van der Waals surface area contributed by atoms with Gasteiger partial charge in [-0.1, -0.05) is 18.2 Å². The maximum Gasteiger partial charge on any atom is 0.326 e. The van der Waals surface area contributed by atoms with Crippen molar-refractivity contribution in [3.05, 3.63) is 35.9 Å². The van der Waals surface area contributed by atoms with Gasteiger partial charge >= 0.3 is 5.97 Å². The monoisotopic (exact) mass is 369 g/mol. The quantitative estimate of drug-likeness (QED) is 0.590. The molecule has 1 aliphatic rings. The molecule has 0 bridgehead atoms. The standard InChI is InChI=1S/C15H19N3O6S/c1-25(23,24)16-8-13(19)18-9-11(7-12(18)15(21)22)17-14(20)10-5-3-2-4-6-10/h2-6,11-12,16H,7-9H2,1H3,(H,17,20)(H,21,22)/t11-,12?/m1/s1. The molecule has 0 aromatic heterocycles. The van der Waals surface area contributed by atoms with Crippen LogP contribution >= 0.6 is 0 Å². The lowest BCUT2D eigenvalue weighted by Crippen LogP contribution is -2.46. The summed E-state index contributed by atoms with van der Waals surface area (Å²) in [6.07, 6.45) is 0.959. The summed E-state index contributed by atoms with van der Waals surface area (Å²) in [5, 5.41) is 12.0. The van der Waals surface area contributed by atoms with Gasteiger partial charge in [-0.25, -0.2) is 17.9 Å². The fourth-order valence-electron chi connectivity index (χ4n) is 2.60. The number of sulfonamides is 1. The molecule has 1 aliphatic heterocycles. The van der Waals surface area contributed by atoms with Crippen molar-refractivity contribution in [2.24, 2.45) is 0 Å². The number of carboxylic acid groups (broad SMARTS) is 1. The Kier molecular flexibility index (Phi) is 5.75. The molecule has 1 unspecified atom stereocenters. The van der Waals surface area contributed by atoms with Gasteiger partial charge in [0, 0.05) is 24.6 Å². The topological polar surface area (TPSA) is 133 Å². The molecule has 1 fully saturated rings. The third-order valence-electron chi connectivity index (χ3n) is 3.76. The van der Waals surface area contributed by atoms with Crippen LogP contribution in [0.1, 0.15) is 16.8 Å². The highest BCUT2D eigenvalue weighted by Crippen LogP contribution is 2.19. The van der Waals surface area contributed by atoms with E-state index in [1.165, 1.54) is 0 Å². The second-order valence-corrected chi connectivity index (χ2v) is 7.60. The molecule has 1 saturated heterocycles. The zero-order valence-electron chi connectivity index (χ0n) is 13.5. The Labute approximate surface area is 145 Å². The number of carboxylic acids is 1. The molecule has 136 valence electrons. The molecule has 1 aromatic rings. The molecule has 0 aliphatic carbocycles. The predicted molar refractivity (Wildman–Crippen MR) is 88.3 cm³/mol. The minimum absolute atomic E-state index is 0.000183. The number of likely N-dealkylation sites (tertiary alicyclic amines) is 1. The average Bonchev–Trinajstić information content (AvgIpc) is 2.97. The number of benzene rings is 1. The van der Waals surface area contributed by atoms with Crippen molar-refractivity contribution in [2.45, 2.75) is 18.5 Å². The van der Waals surface area contributed by atoms with Crippen molar-refractivity contribution >= 4 is 27.8 Å². The molecule has 2 atom stereocenters. The molecular weight excluding hydrogens is 350 g/mol. The average molecular weight is 369 g/mol. The molecule has 2 rings (SSSR count). The number of nitrogens with one attached hydrogen (secondary N) is 2. The lowest BCUT2D eigenvalue weighted by atomic mass is 10.1. The van der Waals surface area contributed by atoms with Crippen LogP contribution in [0.4, 0.5) is 0 Å². The third kappa shape index (κ3) is 5.26. The van der Waals surface area contributed by atoms with E-state index in [1.807, 2.05) is 4.72 Å². The molecule has 2 amide bonds. The van der Waals surface area contributed by atoms with E-state index in [4.69, 9.17) is 0 Å². The summed E-state index contributed by atoms with van der Waals surface area (Å²) < 4.78 is 24.2. The molecule has 25 heavy (non-hydrogen) atoms. The summed E-state index contributed by atoms with van der Waals surface area (Å²) in [5.74, 6) is -2.23. The van der Waals surface area contributed by atoms with Crippen LogP contribution in [0.5, 0.6) is 0 Å². The summed E-state index contributed by atoms with van der Waals surface area (Å²) in [6.45, 7) is -0.526. The highest BCUT2D eigenvalue weighted by molar-refractivity contribution is 7.88. The minimum Gasteiger partial charge on any atom is -0.480 e. The van der Waals surface area contributed by atoms with Crippen molar-refractivity contribution in [2.75, 3.05) is 19.3 Å². The highest BCUT2D eigenvalue weighted by Gasteiger charge is 2.40. The Morgan fingerprint density at radius 3 is 2.44 bits per heavy atom. The number of rotatable bonds is 6. The van der Waals surface area contributed by atoms with Crippen molar-refractivity contribution in [1.82, 2.24) is 14.9 Å². The number of carbonyl (C=O) groups excluding carboxylic acids is 2. The van der Waals surface area contributed by atoms with Gasteiger partial charge in [0.05, 0.1) is 12.8 Å². The highest BCUT2D eigenvalue weighted by atomic mass is 32.2. The Morgan fingerprint density at radius 1 is 1.24 bits per heavy atom. The SMILES string of the molecule is CS(=O)(=O)NCC(=O)N1C[C@H](NC(=O)c2ccccc2)CC1C(=O)O. The molecule has 9 nitrogen and oxygen atoms in total. The van der Waals surface area contributed by atoms with Crippen molar-refractivity contribution in [3.8, 4) is 0 Å². The lowest BCUT2D eigenvalue weighted by molar-refractivity contribution is -0.147. The summed E-state index contributed by atoms with van der Waals surface area (Å²) in [6, 6.07) is 6.77. The van der Waals surface area contributed by atoms with Crippen molar-refractivity contribution in [1.29, 1.82) is 0 Å². The zero-order valence-corrected chi connectivity index (χ0v) is 14.3. The summed E-state index contributed by atoms with van der Waals surface area (Å²) >= 11 is 0. The van der Waals surface area contributed by atoms with Gasteiger partial charge in [-0.2, -0.15) is 0 Å². The van der Waals surface area contributed by atoms with Crippen LogP contribution in [0.3, 0.4) is 0 Å². The van der Waals surface area contributed by atoms with E-state index in [0.29, 0.717) is 5.56 Å². The van der Waals surface area contributed by atoms with Crippen LogP contribution in [-0.4, -0.2) is 67.6 Å². The fraction of sp³-hybridized carbons (Fsp3) is 0.400.